The van der Waals surface area contributed by atoms with E-state index in [1.54, 1.807) is 85.1 Å². The second-order valence-corrected chi connectivity index (χ2v) is 9.39. The average molecular weight is 560 g/mol. The molecule has 5 aromatic rings. The lowest BCUT2D eigenvalue weighted by molar-refractivity contribution is 0.0949. The van der Waals surface area contributed by atoms with Crippen LogP contribution in [0.2, 0.25) is 5.02 Å². The molecule has 0 aliphatic rings. The highest BCUT2D eigenvalue weighted by Gasteiger charge is 2.20. The molecular formula is C32H22ClN5O3. The largest absolute Gasteiger partial charge is 0.507 e. The SMILES string of the molecule is N#Cc1c(-c2cccc(C(=O)NCc3ccccn3)c2)cc(-c2ccccc2O)nc1NC(=O)c1ccc(Cl)cc1. The molecule has 0 aliphatic heterocycles. The van der Waals surface area contributed by atoms with Gasteiger partial charge in [0.25, 0.3) is 11.8 Å². The van der Waals surface area contributed by atoms with Crippen molar-refractivity contribution in [2.45, 2.75) is 6.54 Å². The number of benzene rings is 3. The molecule has 0 bridgehead atoms. The number of anilines is 1. The monoisotopic (exact) mass is 559 g/mol. The fourth-order valence-electron chi connectivity index (χ4n) is 4.19. The van der Waals surface area contributed by atoms with E-state index in [4.69, 9.17) is 11.6 Å². The first-order chi connectivity index (χ1) is 19.9. The zero-order chi connectivity index (χ0) is 28.8. The number of nitrogens with zero attached hydrogens (tertiary/aromatic N) is 3. The summed E-state index contributed by atoms with van der Waals surface area (Å²) >= 11 is 5.96. The van der Waals surface area contributed by atoms with Gasteiger partial charge in [-0.3, -0.25) is 14.6 Å². The van der Waals surface area contributed by atoms with Crippen molar-refractivity contribution in [2.75, 3.05) is 5.32 Å². The highest BCUT2D eigenvalue weighted by atomic mass is 35.5. The maximum Gasteiger partial charge on any atom is 0.256 e. The van der Waals surface area contributed by atoms with Crippen LogP contribution in [0.15, 0.2) is 103 Å². The van der Waals surface area contributed by atoms with Crippen LogP contribution in [0.5, 0.6) is 5.75 Å². The lowest BCUT2D eigenvalue weighted by Crippen LogP contribution is -2.23. The quantitative estimate of drug-likeness (QED) is 0.217. The Morgan fingerprint density at radius 3 is 2.37 bits per heavy atom. The number of nitrogens with one attached hydrogen (secondary N) is 2. The number of halogens is 1. The first-order valence-electron chi connectivity index (χ1n) is 12.5. The van der Waals surface area contributed by atoms with E-state index in [-0.39, 0.29) is 29.6 Å². The highest BCUT2D eigenvalue weighted by molar-refractivity contribution is 6.30. The van der Waals surface area contributed by atoms with Crippen molar-refractivity contribution in [3.05, 3.63) is 131 Å². The van der Waals surface area contributed by atoms with E-state index in [0.29, 0.717) is 44.2 Å². The third kappa shape index (κ3) is 6.22. The van der Waals surface area contributed by atoms with Crippen LogP contribution in [0.4, 0.5) is 5.82 Å². The minimum atomic E-state index is -0.492. The van der Waals surface area contributed by atoms with Gasteiger partial charge in [-0.15, -0.1) is 0 Å². The van der Waals surface area contributed by atoms with Crippen LogP contribution in [0.25, 0.3) is 22.4 Å². The Kier molecular flexibility index (Phi) is 8.00. The number of phenolic OH excluding ortho intramolecular Hbond substituents is 1. The Balaban J connectivity index is 1.56. The minimum absolute atomic E-state index is 0.00760. The number of nitriles is 1. The number of amides is 2. The lowest BCUT2D eigenvalue weighted by atomic mass is 9.96. The number of para-hydroxylation sites is 1. The Morgan fingerprint density at radius 2 is 1.63 bits per heavy atom. The molecule has 3 aromatic carbocycles. The molecule has 0 spiro atoms. The lowest BCUT2D eigenvalue weighted by Gasteiger charge is -2.15. The van der Waals surface area contributed by atoms with Gasteiger partial charge >= 0.3 is 0 Å². The Hall–Kier alpha value is -5.52. The van der Waals surface area contributed by atoms with Crippen molar-refractivity contribution < 1.29 is 14.7 Å². The summed E-state index contributed by atoms with van der Waals surface area (Å²) in [6.07, 6.45) is 1.65. The summed E-state index contributed by atoms with van der Waals surface area (Å²) in [7, 11) is 0. The third-order valence-corrected chi connectivity index (χ3v) is 6.49. The summed E-state index contributed by atoms with van der Waals surface area (Å²) in [6.45, 7) is 0.251. The first-order valence-corrected chi connectivity index (χ1v) is 12.9. The van der Waals surface area contributed by atoms with Gasteiger partial charge in [0.1, 0.15) is 17.4 Å². The molecule has 2 amide bonds. The fourth-order valence-corrected chi connectivity index (χ4v) is 4.32. The first kappa shape index (κ1) is 27.1. The van der Waals surface area contributed by atoms with Crippen molar-refractivity contribution in [1.82, 2.24) is 15.3 Å². The summed E-state index contributed by atoms with van der Waals surface area (Å²) in [4.78, 5) is 34.8. The summed E-state index contributed by atoms with van der Waals surface area (Å²) in [5, 5.41) is 26.8. The molecule has 3 N–H and O–H groups in total. The van der Waals surface area contributed by atoms with Gasteiger partial charge in [-0.25, -0.2) is 4.98 Å². The Labute approximate surface area is 240 Å². The second-order valence-electron chi connectivity index (χ2n) is 8.95. The molecule has 0 atom stereocenters. The van der Waals surface area contributed by atoms with Crippen LogP contribution in [-0.2, 0) is 6.54 Å². The van der Waals surface area contributed by atoms with E-state index in [1.807, 2.05) is 12.1 Å². The maximum absolute atomic E-state index is 13.1. The molecule has 0 saturated carbocycles. The van der Waals surface area contributed by atoms with E-state index in [1.165, 1.54) is 6.07 Å². The zero-order valence-electron chi connectivity index (χ0n) is 21.5. The molecule has 0 unspecified atom stereocenters. The van der Waals surface area contributed by atoms with Crippen molar-refractivity contribution in [2.24, 2.45) is 0 Å². The molecule has 9 heteroatoms. The van der Waals surface area contributed by atoms with Gasteiger partial charge in [0.15, 0.2) is 5.82 Å². The standard InChI is InChI=1S/C32H22ClN5O3/c33-23-13-11-20(12-14-23)32(41)38-30-27(18-34)26(17-28(37-30)25-9-1-2-10-29(25)39)21-6-5-7-22(16-21)31(40)36-19-24-8-3-4-15-35-24/h1-17,39H,19H2,(H,36,40)(H,37,38,41). The number of pyridine rings is 2. The fraction of sp³-hybridized carbons (Fsp3) is 0.0312. The molecule has 200 valence electrons. The third-order valence-electron chi connectivity index (χ3n) is 6.24. The van der Waals surface area contributed by atoms with Gasteiger partial charge in [0, 0.05) is 33.5 Å². The molecule has 5 rings (SSSR count). The number of hydrogen-bond acceptors (Lipinski definition) is 6. The van der Waals surface area contributed by atoms with Crippen molar-refractivity contribution >= 4 is 29.2 Å². The predicted molar refractivity (Wildman–Crippen MR) is 156 cm³/mol. The van der Waals surface area contributed by atoms with E-state index in [0.717, 1.165) is 0 Å². The number of phenols is 1. The molecule has 41 heavy (non-hydrogen) atoms. The van der Waals surface area contributed by atoms with Gasteiger partial charge in [0.05, 0.1) is 17.9 Å². The van der Waals surface area contributed by atoms with E-state index in [2.05, 4.69) is 26.7 Å². The second kappa shape index (κ2) is 12.1. The Bertz CT molecular complexity index is 1780. The van der Waals surface area contributed by atoms with Gasteiger partial charge in [-0.05, 0) is 72.3 Å². The minimum Gasteiger partial charge on any atom is -0.507 e. The number of carbonyl (C=O) groups excluding carboxylic acids is 2. The van der Waals surface area contributed by atoms with E-state index >= 15 is 0 Å². The molecular weight excluding hydrogens is 538 g/mol. The van der Waals surface area contributed by atoms with Crippen LogP contribution in [-0.4, -0.2) is 26.9 Å². The number of hydrogen-bond donors (Lipinski definition) is 3. The average Bonchev–Trinajstić information content (AvgIpc) is 3.00. The molecule has 2 aromatic heterocycles. The molecule has 0 aliphatic carbocycles. The predicted octanol–water partition coefficient (Wildman–Crippen LogP) is 6.22. The van der Waals surface area contributed by atoms with Crippen molar-refractivity contribution in [1.29, 1.82) is 5.26 Å². The number of rotatable bonds is 7. The molecule has 8 nitrogen and oxygen atoms in total. The summed E-state index contributed by atoms with van der Waals surface area (Å²) in [6, 6.07) is 28.9. The summed E-state index contributed by atoms with van der Waals surface area (Å²) < 4.78 is 0. The molecule has 0 radical (unpaired) electrons. The highest BCUT2D eigenvalue weighted by Crippen LogP contribution is 2.35. The normalized spacial score (nSPS) is 10.4. The molecule has 2 heterocycles. The van der Waals surface area contributed by atoms with Crippen LogP contribution < -0.4 is 10.6 Å². The van der Waals surface area contributed by atoms with Gasteiger partial charge in [-0.2, -0.15) is 5.26 Å². The number of carbonyl (C=O) groups is 2. The van der Waals surface area contributed by atoms with Crippen molar-refractivity contribution in [3.8, 4) is 34.2 Å². The molecule has 0 saturated heterocycles. The maximum atomic E-state index is 13.1. The van der Waals surface area contributed by atoms with Crippen LogP contribution in [0.1, 0.15) is 32.0 Å². The van der Waals surface area contributed by atoms with Gasteiger partial charge < -0.3 is 15.7 Å². The smallest absolute Gasteiger partial charge is 0.256 e. The van der Waals surface area contributed by atoms with E-state index in [9.17, 15) is 20.0 Å². The van der Waals surface area contributed by atoms with Crippen LogP contribution in [0.3, 0.4) is 0 Å². The number of aromatic hydroxyl groups is 1. The number of aromatic nitrogens is 2. The van der Waals surface area contributed by atoms with Crippen LogP contribution in [0, 0.1) is 11.3 Å². The van der Waals surface area contributed by atoms with E-state index < -0.39 is 5.91 Å². The molecule has 0 fully saturated rings. The van der Waals surface area contributed by atoms with Gasteiger partial charge in [0.2, 0.25) is 0 Å². The summed E-state index contributed by atoms with van der Waals surface area (Å²) in [5.74, 6) is -0.822. The van der Waals surface area contributed by atoms with Crippen LogP contribution >= 0.6 is 11.6 Å². The summed E-state index contributed by atoms with van der Waals surface area (Å²) in [5.41, 5.74) is 3.21. The van der Waals surface area contributed by atoms with Gasteiger partial charge in [-0.1, -0.05) is 41.9 Å². The zero-order valence-corrected chi connectivity index (χ0v) is 22.3. The van der Waals surface area contributed by atoms with Crippen molar-refractivity contribution in [3.63, 3.8) is 0 Å². The Morgan fingerprint density at radius 1 is 0.854 bits per heavy atom. The topological polar surface area (TPSA) is 128 Å².